The Kier molecular flexibility index (Phi) is 7.59. The largest absolute Gasteiger partial charge is 0.402 e. The lowest BCUT2D eigenvalue weighted by atomic mass is 10.2. The minimum Gasteiger partial charge on any atom is -0.383 e. The van der Waals surface area contributed by atoms with Crippen LogP contribution in [-0.4, -0.2) is 49.3 Å². The van der Waals surface area contributed by atoms with Crippen LogP contribution in [-0.2, 0) is 4.74 Å². The Morgan fingerprint density at radius 2 is 1.81 bits per heavy atom. The molecule has 6 heteroatoms. The Morgan fingerprint density at radius 1 is 1.25 bits per heavy atom. The van der Waals surface area contributed by atoms with E-state index in [0.717, 1.165) is 0 Å². The summed E-state index contributed by atoms with van der Waals surface area (Å²) < 4.78 is 42.0. The zero-order chi connectivity index (χ0) is 12.8. The molecule has 0 aliphatic carbocycles. The zero-order valence-corrected chi connectivity index (χ0v) is 11.4. The molecule has 1 atom stereocenters. The zero-order valence-electron chi connectivity index (χ0n) is 9.85. The summed E-state index contributed by atoms with van der Waals surface area (Å²) in [4.78, 5) is 0.289. The first kappa shape index (κ1) is 16.2. The van der Waals surface area contributed by atoms with Gasteiger partial charge in [0, 0.05) is 26.7 Å². The third-order valence-electron chi connectivity index (χ3n) is 2.01. The van der Waals surface area contributed by atoms with Gasteiger partial charge >= 0.3 is 6.18 Å². The van der Waals surface area contributed by atoms with Crippen LogP contribution in [0.15, 0.2) is 0 Å². The molecule has 0 aliphatic heterocycles. The molecule has 0 N–H and O–H groups in total. The molecule has 0 saturated heterocycles. The van der Waals surface area contributed by atoms with Gasteiger partial charge in [0.25, 0.3) is 0 Å². The number of hydrogen-bond acceptors (Lipinski definition) is 2. The number of rotatable bonds is 7. The molecule has 0 saturated carbocycles. The van der Waals surface area contributed by atoms with Gasteiger partial charge in [0.15, 0.2) is 0 Å². The first-order valence-corrected chi connectivity index (χ1v) is 6.11. The average Bonchev–Trinajstić information content (AvgIpc) is 2.11. The van der Waals surface area contributed by atoms with Crippen molar-refractivity contribution in [1.29, 1.82) is 0 Å². The first-order chi connectivity index (χ1) is 7.27. The molecule has 0 rings (SSSR count). The van der Waals surface area contributed by atoms with E-state index in [0.29, 0.717) is 25.6 Å². The molecule has 16 heavy (non-hydrogen) atoms. The van der Waals surface area contributed by atoms with Gasteiger partial charge in [-0.25, -0.2) is 0 Å². The van der Waals surface area contributed by atoms with Gasteiger partial charge in [-0.2, -0.15) is 13.2 Å². The maximum absolute atomic E-state index is 12.4. The fourth-order valence-electron chi connectivity index (χ4n) is 1.32. The van der Waals surface area contributed by atoms with Gasteiger partial charge in [0.05, 0.1) is 6.61 Å². The van der Waals surface area contributed by atoms with E-state index in [1.807, 2.05) is 13.8 Å². The predicted molar refractivity (Wildman–Crippen MR) is 61.9 cm³/mol. The quantitative estimate of drug-likeness (QED) is 0.671. The van der Waals surface area contributed by atoms with Gasteiger partial charge in [-0.3, -0.25) is 4.90 Å². The molecule has 0 aromatic rings. The fourth-order valence-corrected chi connectivity index (χ4v) is 1.73. The van der Waals surface area contributed by atoms with E-state index in [4.69, 9.17) is 4.74 Å². The Labute approximate surface area is 103 Å². The third-order valence-corrected chi connectivity index (χ3v) is 2.82. The summed E-state index contributed by atoms with van der Waals surface area (Å²) in [5, 5.41) is 0. The molecule has 0 bridgehead atoms. The highest BCUT2D eigenvalue weighted by Crippen LogP contribution is 2.27. The molecule has 0 aromatic carbocycles. The SMILES string of the molecule is COCCN(CC(C)C)CC(Br)C(F)(F)F. The predicted octanol–water partition coefficient (Wildman–Crippen LogP) is 2.92. The van der Waals surface area contributed by atoms with Crippen molar-refractivity contribution in [2.45, 2.75) is 24.9 Å². The summed E-state index contributed by atoms with van der Waals surface area (Å²) in [5.41, 5.74) is 0. The van der Waals surface area contributed by atoms with Crippen molar-refractivity contribution in [3.8, 4) is 0 Å². The van der Waals surface area contributed by atoms with Crippen LogP contribution in [0.5, 0.6) is 0 Å². The molecule has 0 aromatic heterocycles. The van der Waals surface area contributed by atoms with Gasteiger partial charge in [-0.15, -0.1) is 0 Å². The van der Waals surface area contributed by atoms with Gasteiger partial charge in [-0.1, -0.05) is 29.8 Å². The number of ether oxygens (including phenoxy) is 1. The number of hydrogen-bond donors (Lipinski definition) is 0. The summed E-state index contributed by atoms with van der Waals surface area (Å²) in [6.45, 7) is 5.54. The highest BCUT2D eigenvalue weighted by molar-refractivity contribution is 9.09. The maximum Gasteiger partial charge on any atom is 0.402 e. The lowest BCUT2D eigenvalue weighted by Gasteiger charge is -2.27. The Bertz CT molecular complexity index is 187. The molecule has 1 unspecified atom stereocenters. The second-order valence-electron chi connectivity index (χ2n) is 4.16. The van der Waals surface area contributed by atoms with E-state index in [1.54, 1.807) is 12.0 Å². The Morgan fingerprint density at radius 3 is 2.19 bits per heavy atom. The van der Waals surface area contributed by atoms with Crippen LogP contribution in [0.4, 0.5) is 13.2 Å². The normalized spacial score (nSPS) is 14.8. The first-order valence-electron chi connectivity index (χ1n) is 5.19. The van der Waals surface area contributed by atoms with Crippen LogP contribution in [0.25, 0.3) is 0 Å². The second-order valence-corrected chi connectivity index (χ2v) is 5.26. The van der Waals surface area contributed by atoms with E-state index < -0.39 is 11.0 Å². The molecule has 2 nitrogen and oxygen atoms in total. The number of halogens is 4. The lowest BCUT2D eigenvalue weighted by Crippen LogP contribution is -2.40. The maximum atomic E-state index is 12.4. The number of alkyl halides is 4. The molecule has 0 amide bonds. The Hall–Kier alpha value is 0.190. The molecule has 0 heterocycles. The summed E-state index contributed by atoms with van der Waals surface area (Å²) in [7, 11) is 1.54. The van der Waals surface area contributed by atoms with Gasteiger partial charge in [-0.05, 0) is 5.92 Å². The topological polar surface area (TPSA) is 12.5 Å². The van der Waals surface area contributed by atoms with Crippen molar-refractivity contribution in [2.24, 2.45) is 5.92 Å². The van der Waals surface area contributed by atoms with Crippen molar-refractivity contribution >= 4 is 15.9 Å². The lowest BCUT2D eigenvalue weighted by molar-refractivity contribution is -0.131. The molecule has 0 aliphatic rings. The molecule has 98 valence electrons. The highest BCUT2D eigenvalue weighted by Gasteiger charge is 2.38. The third kappa shape index (κ3) is 7.46. The summed E-state index contributed by atoms with van der Waals surface area (Å²) >= 11 is 2.67. The highest BCUT2D eigenvalue weighted by atomic mass is 79.9. The summed E-state index contributed by atoms with van der Waals surface area (Å²) in [5.74, 6) is 0.338. The van der Waals surface area contributed by atoms with E-state index in [2.05, 4.69) is 15.9 Å². The number of nitrogens with zero attached hydrogens (tertiary/aromatic N) is 1. The Balaban J connectivity index is 4.18. The van der Waals surface area contributed by atoms with Crippen LogP contribution in [0.3, 0.4) is 0 Å². The molecule has 0 spiro atoms. The van der Waals surface area contributed by atoms with Crippen LogP contribution >= 0.6 is 15.9 Å². The van der Waals surface area contributed by atoms with Crippen molar-refractivity contribution in [3.63, 3.8) is 0 Å². The number of methoxy groups -OCH3 is 1. The van der Waals surface area contributed by atoms with Crippen LogP contribution in [0.1, 0.15) is 13.8 Å². The molecule has 0 radical (unpaired) electrons. The minimum atomic E-state index is -4.19. The monoisotopic (exact) mass is 305 g/mol. The minimum absolute atomic E-state index is 0.0367. The average molecular weight is 306 g/mol. The van der Waals surface area contributed by atoms with Crippen molar-refractivity contribution in [3.05, 3.63) is 0 Å². The van der Waals surface area contributed by atoms with Gasteiger partial charge < -0.3 is 4.74 Å². The standard InChI is InChI=1S/C10H19BrF3NO/c1-8(2)6-15(4-5-16-3)7-9(11)10(12,13)14/h8-9H,4-7H2,1-3H3. The second kappa shape index (κ2) is 7.50. The summed E-state index contributed by atoms with van der Waals surface area (Å²) in [6.07, 6.45) is -4.19. The van der Waals surface area contributed by atoms with Gasteiger partial charge in [0.1, 0.15) is 4.83 Å². The van der Waals surface area contributed by atoms with E-state index in [-0.39, 0.29) is 6.54 Å². The van der Waals surface area contributed by atoms with Crippen molar-refractivity contribution < 1.29 is 17.9 Å². The molecule has 0 fully saturated rings. The molecular formula is C10H19BrF3NO. The van der Waals surface area contributed by atoms with Crippen LogP contribution < -0.4 is 0 Å². The van der Waals surface area contributed by atoms with Gasteiger partial charge in [0.2, 0.25) is 0 Å². The fraction of sp³-hybridized carbons (Fsp3) is 1.00. The van der Waals surface area contributed by atoms with Crippen molar-refractivity contribution in [2.75, 3.05) is 33.4 Å². The van der Waals surface area contributed by atoms with E-state index >= 15 is 0 Å². The van der Waals surface area contributed by atoms with Crippen LogP contribution in [0.2, 0.25) is 0 Å². The summed E-state index contributed by atoms with van der Waals surface area (Å²) in [6, 6.07) is 0. The smallest absolute Gasteiger partial charge is 0.383 e. The van der Waals surface area contributed by atoms with E-state index in [9.17, 15) is 13.2 Å². The molecular weight excluding hydrogens is 287 g/mol. The van der Waals surface area contributed by atoms with E-state index in [1.165, 1.54) is 0 Å². The van der Waals surface area contributed by atoms with Crippen molar-refractivity contribution in [1.82, 2.24) is 4.90 Å². The van der Waals surface area contributed by atoms with Crippen LogP contribution in [0, 0.1) is 5.92 Å².